The highest BCUT2D eigenvalue weighted by Crippen LogP contribution is 2.39. The van der Waals surface area contributed by atoms with Crippen LogP contribution in [0.5, 0.6) is 0 Å². The SMILES string of the molecule is Brc1cccc(C2CCCC2)c1Br. The van der Waals surface area contributed by atoms with Crippen LogP contribution < -0.4 is 0 Å². The van der Waals surface area contributed by atoms with E-state index >= 15 is 0 Å². The fourth-order valence-corrected chi connectivity index (χ4v) is 3.04. The Kier molecular flexibility index (Phi) is 3.10. The van der Waals surface area contributed by atoms with Gasteiger partial charge in [-0.05, 0) is 62.2 Å². The van der Waals surface area contributed by atoms with E-state index < -0.39 is 0 Å². The number of rotatable bonds is 1. The Bertz CT molecular complexity index is 301. The lowest BCUT2D eigenvalue weighted by Gasteiger charge is -2.12. The summed E-state index contributed by atoms with van der Waals surface area (Å²) in [5.74, 6) is 0.784. The maximum atomic E-state index is 3.64. The predicted octanol–water partition coefficient (Wildman–Crippen LogP) is 4.87. The minimum atomic E-state index is 0.784. The van der Waals surface area contributed by atoms with Gasteiger partial charge < -0.3 is 0 Å². The van der Waals surface area contributed by atoms with Crippen LogP contribution in [0.2, 0.25) is 0 Å². The second-order valence-electron chi connectivity index (χ2n) is 3.62. The zero-order valence-electron chi connectivity index (χ0n) is 7.39. The third-order valence-electron chi connectivity index (χ3n) is 2.78. The van der Waals surface area contributed by atoms with E-state index in [0.717, 1.165) is 5.92 Å². The molecule has 0 spiro atoms. The van der Waals surface area contributed by atoms with Crippen LogP contribution in [0.1, 0.15) is 37.2 Å². The van der Waals surface area contributed by atoms with Crippen molar-refractivity contribution in [1.29, 1.82) is 0 Å². The van der Waals surface area contributed by atoms with Gasteiger partial charge in [0.2, 0.25) is 0 Å². The molecule has 1 aromatic carbocycles. The van der Waals surface area contributed by atoms with Crippen molar-refractivity contribution >= 4 is 31.9 Å². The van der Waals surface area contributed by atoms with Crippen molar-refractivity contribution < 1.29 is 0 Å². The van der Waals surface area contributed by atoms with Crippen molar-refractivity contribution in [3.63, 3.8) is 0 Å². The molecule has 0 N–H and O–H groups in total. The van der Waals surface area contributed by atoms with Gasteiger partial charge in [0, 0.05) is 8.95 Å². The lowest BCUT2D eigenvalue weighted by atomic mass is 9.98. The minimum absolute atomic E-state index is 0.784. The molecule has 0 bridgehead atoms. The van der Waals surface area contributed by atoms with Crippen molar-refractivity contribution in [3.05, 3.63) is 32.7 Å². The average Bonchev–Trinajstić information content (AvgIpc) is 2.62. The third kappa shape index (κ3) is 1.99. The van der Waals surface area contributed by atoms with Crippen LogP contribution in [0, 0.1) is 0 Å². The summed E-state index contributed by atoms with van der Waals surface area (Å²) in [6.45, 7) is 0. The lowest BCUT2D eigenvalue weighted by molar-refractivity contribution is 0.719. The zero-order valence-corrected chi connectivity index (χ0v) is 10.6. The molecule has 2 rings (SSSR count). The van der Waals surface area contributed by atoms with E-state index in [2.05, 4.69) is 50.1 Å². The molecular formula is C11H12Br2. The molecule has 13 heavy (non-hydrogen) atoms. The van der Waals surface area contributed by atoms with Crippen LogP contribution in [0.4, 0.5) is 0 Å². The van der Waals surface area contributed by atoms with Crippen molar-refractivity contribution in [3.8, 4) is 0 Å². The highest BCUT2D eigenvalue weighted by Gasteiger charge is 2.19. The Morgan fingerprint density at radius 2 is 1.77 bits per heavy atom. The van der Waals surface area contributed by atoms with Crippen molar-refractivity contribution in [2.45, 2.75) is 31.6 Å². The molecule has 0 aromatic heterocycles. The third-order valence-corrected chi connectivity index (χ3v) is 4.85. The van der Waals surface area contributed by atoms with E-state index in [1.54, 1.807) is 0 Å². The Labute approximate surface area is 96.0 Å². The van der Waals surface area contributed by atoms with Crippen molar-refractivity contribution in [1.82, 2.24) is 0 Å². The summed E-state index contributed by atoms with van der Waals surface area (Å²) in [7, 11) is 0. The fraction of sp³-hybridized carbons (Fsp3) is 0.455. The predicted molar refractivity (Wildman–Crippen MR) is 63.1 cm³/mol. The zero-order chi connectivity index (χ0) is 9.26. The molecule has 1 aliphatic rings. The van der Waals surface area contributed by atoms with Gasteiger partial charge in [-0.2, -0.15) is 0 Å². The lowest BCUT2D eigenvalue weighted by Crippen LogP contribution is -1.93. The quantitative estimate of drug-likeness (QED) is 0.694. The van der Waals surface area contributed by atoms with Gasteiger partial charge in [-0.1, -0.05) is 25.0 Å². The van der Waals surface area contributed by atoms with E-state index in [1.165, 1.54) is 40.2 Å². The van der Waals surface area contributed by atoms with Crippen molar-refractivity contribution in [2.75, 3.05) is 0 Å². The highest BCUT2D eigenvalue weighted by atomic mass is 79.9. The number of hydrogen-bond donors (Lipinski definition) is 0. The molecule has 1 saturated carbocycles. The second-order valence-corrected chi connectivity index (χ2v) is 5.27. The summed E-state index contributed by atoms with van der Waals surface area (Å²) in [5, 5.41) is 0. The van der Waals surface area contributed by atoms with Crippen LogP contribution in [0.3, 0.4) is 0 Å². The first kappa shape index (κ1) is 9.72. The standard InChI is InChI=1S/C11H12Br2/c12-10-7-3-6-9(11(10)13)8-4-1-2-5-8/h3,6-8H,1-2,4-5H2. The van der Waals surface area contributed by atoms with Gasteiger partial charge in [-0.15, -0.1) is 0 Å². The first-order valence-corrected chi connectivity index (χ1v) is 6.31. The number of hydrogen-bond acceptors (Lipinski definition) is 0. The molecule has 0 saturated heterocycles. The molecule has 0 amide bonds. The maximum absolute atomic E-state index is 3.64. The summed E-state index contributed by atoms with van der Waals surface area (Å²) in [6.07, 6.45) is 5.50. The molecular weight excluding hydrogens is 292 g/mol. The molecule has 0 nitrogen and oxygen atoms in total. The van der Waals surface area contributed by atoms with Gasteiger partial charge in [-0.25, -0.2) is 0 Å². The van der Waals surface area contributed by atoms with E-state index in [9.17, 15) is 0 Å². The van der Waals surface area contributed by atoms with Gasteiger partial charge >= 0.3 is 0 Å². The maximum Gasteiger partial charge on any atom is 0.0352 e. The topological polar surface area (TPSA) is 0 Å². The van der Waals surface area contributed by atoms with Crippen molar-refractivity contribution in [2.24, 2.45) is 0 Å². The molecule has 0 unspecified atom stereocenters. The van der Waals surface area contributed by atoms with Crippen LogP contribution in [-0.2, 0) is 0 Å². The average molecular weight is 304 g/mol. The summed E-state index contributed by atoms with van der Waals surface area (Å²) in [4.78, 5) is 0. The fourth-order valence-electron chi connectivity index (χ4n) is 2.07. The van der Waals surface area contributed by atoms with E-state index in [4.69, 9.17) is 0 Å². The van der Waals surface area contributed by atoms with Crippen LogP contribution in [0.15, 0.2) is 27.1 Å². The molecule has 0 atom stereocenters. The van der Waals surface area contributed by atoms with Gasteiger partial charge in [0.15, 0.2) is 0 Å². The van der Waals surface area contributed by atoms with Crippen LogP contribution in [0.25, 0.3) is 0 Å². The molecule has 0 aliphatic heterocycles. The molecule has 70 valence electrons. The summed E-state index contributed by atoms with van der Waals surface area (Å²) in [6, 6.07) is 6.45. The smallest absolute Gasteiger partial charge is 0.0352 e. The van der Waals surface area contributed by atoms with E-state index in [-0.39, 0.29) is 0 Å². The molecule has 2 heteroatoms. The summed E-state index contributed by atoms with van der Waals surface area (Å²) >= 11 is 7.19. The number of benzene rings is 1. The minimum Gasteiger partial charge on any atom is -0.0608 e. The van der Waals surface area contributed by atoms with Crippen LogP contribution >= 0.6 is 31.9 Å². The first-order chi connectivity index (χ1) is 6.29. The van der Waals surface area contributed by atoms with Gasteiger partial charge in [0.25, 0.3) is 0 Å². The first-order valence-electron chi connectivity index (χ1n) is 4.73. The Hall–Kier alpha value is 0.180. The second kappa shape index (κ2) is 4.14. The van der Waals surface area contributed by atoms with Gasteiger partial charge in [0.1, 0.15) is 0 Å². The Morgan fingerprint density at radius 3 is 2.46 bits per heavy atom. The van der Waals surface area contributed by atoms with Gasteiger partial charge in [-0.3, -0.25) is 0 Å². The van der Waals surface area contributed by atoms with Gasteiger partial charge in [0.05, 0.1) is 0 Å². The Balaban J connectivity index is 2.33. The Morgan fingerprint density at radius 1 is 1.08 bits per heavy atom. The van der Waals surface area contributed by atoms with E-state index in [0.29, 0.717) is 0 Å². The summed E-state index contributed by atoms with van der Waals surface area (Å²) < 4.78 is 2.43. The van der Waals surface area contributed by atoms with E-state index in [1.807, 2.05) is 0 Å². The normalized spacial score (nSPS) is 18.0. The molecule has 1 aliphatic carbocycles. The monoisotopic (exact) mass is 302 g/mol. The largest absolute Gasteiger partial charge is 0.0608 e. The highest BCUT2D eigenvalue weighted by molar-refractivity contribution is 9.13. The molecule has 1 fully saturated rings. The number of halogens is 2. The van der Waals surface area contributed by atoms with Crippen LogP contribution in [-0.4, -0.2) is 0 Å². The molecule has 0 radical (unpaired) electrons. The molecule has 0 heterocycles. The molecule has 1 aromatic rings. The summed E-state index contributed by atoms with van der Waals surface area (Å²) in [5.41, 5.74) is 1.48.